The molecule has 2 heterocycles. The van der Waals surface area contributed by atoms with Gasteiger partial charge in [-0.05, 0) is 6.42 Å². The zero-order valence-electron chi connectivity index (χ0n) is 9.37. The first kappa shape index (κ1) is 12.0. The molecule has 92 valence electrons. The summed E-state index contributed by atoms with van der Waals surface area (Å²) >= 11 is 0. The van der Waals surface area contributed by atoms with Gasteiger partial charge in [0, 0.05) is 13.0 Å². The van der Waals surface area contributed by atoms with Crippen molar-refractivity contribution in [1.29, 1.82) is 0 Å². The van der Waals surface area contributed by atoms with Gasteiger partial charge in [-0.2, -0.15) is 0 Å². The van der Waals surface area contributed by atoms with E-state index in [1.165, 1.54) is 0 Å². The second kappa shape index (κ2) is 5.25. The zero-order valence-corrected chi connectivity index (χ0v) is 9.37. The van der Waals surface area contributed by atoms with Crippen LogP contribution in [0.5, 0.6) is 0 Å². The number of fused-ring (bicyclic) bond motifs is 2. The number of rotatable bonds is 5. The molecule has 0 spiro atoms. The average molecular weight is 230 g/mol. The number of aliphatic hydroxyl groups excluding tert-OH is 1. The van der Waals surface area contributed by atoms with Crippen molar-refractivity contribution < 1.29 is 24.1 Å². The molecule has 2 saturated heterocycles. The van der Waals surface area contributed by atoms with Crippen molar-refractivity contribution in [2.75, 3.05) is 20.5 Å². The van der Waals surface area contributed by atoms with Crippen molar-refractivity contribution >= 4 is 0 Å². The van der Waals surface area contributed by atoms with Crippen LogP contribution in [0.25, 0.3) is 0 Å². The maximum atomic E-state index is 9.20. The third-order valence-electron chi connectivity index (χ3n) is 3.07. The molecule has 5 heteroatoms. The predicted molar refractivity (Wildman–Crippen MR) is 55.7 cm³/mol. The maximum absolute atomic E-state index is 9.20. The Hall–Kier alpha value is -0.460. The molecule has 2 bridgehead atoms. The van der Waals surface area contributed by atoms with Gasteiger partial charge in [0.1, 0.15) is 19.0 Å². The molecule has 0 aromatic rings. The largest absolute Gasteiger partial charge is 0.394 e. The summed E-state index contributed by atoms with van der Waals surface area (Å²) in [4.78, 5) is 0. The Morgan fingerprint density at radius 1 is 1.50 bits per heavy atom. The molecular weight excluding hydrogens is 212 g/mol. The first-order valence-corrected chi connectivity index (χ1v) is 5.45. The lowest BCUT2D eigenvalue weighted by Gasteiger charge is -2.32. The lowest BCUT2D eigenvalue weighted by molar-refractivity contribution is -0.178. The highest BCUT2D eigenvalue weighted by Crippen LogP contribution is 2.37. The summed E-state index contributed by atoms with van der Waals surface area (Å²) in [6, 6.07) is 0. The van der Waals surface area contributed by atoms with E-state index in [0.717, 1.165) is 6.42 Å². The third-order valence-corrected chi connectivity index (χ3v) is 3.07. The van der Waals surface area contributed by atoms with Gasteiger partial charge in [0.25, 0.3) is 0 Å². The van der Waals surface area contributed by atoms with Crippen LogP contribution in [0.15, 0.2) is 12.7 Å². The van der Waals surface area contributed by atoms with Gasteiger partial charge in [-0.3, -0.25) is 0 Å². The number of hydrogen-bond donors (Lipinski definition) is 1. The SMILES string of the molecule is C=C[C@@H]1C[C@@H](OCOC)[C@@H]2O[C@H]1O[C@H]2CO. The van der Waals surface area contributed by atoms with Gasteiger partial charge < -0.3 is 24.1 Å². The van der Waals surface area contributed by atoms with Crippen molar-refractivity contribution in [2.45, 2.75) is 31.0 Å². The molecule has 0 aliphatic carbocycles. The van der Waals surface area contributed by atoms with E-state index in [0.29, 0.717) is 0 Å². The Morgan fingerprint density at radius 2 is 2.31 bits per heavy atom. The highest BCUT2D eigenvalue weighted by molar-refractivity contribution is 4.97. The van der Waals surface area contributed by atoms with E-state index >= 15 is 0 Å². The number of hydrogen-bond acceptors (Lipinski definition) is 5. The first-order chi connectivity index (χ1) is 7.80. The smallest absolute Gasteiger partial charge is 0.165 e. The Morgan fingerprint density at radius 3 is 2.94 bits per heavy atom. The van der Waals surface area contributed by atoms with Crippen LogP contribution in [0.4, 0.5) is 0 Å². The second-order valence-corrected chi connectivity index (χ2v) is 4.07. The van der Waals surface area contributed by atoms with Gasteiger partial charge in [0.2, 0.25) is 0 Å². The summed E-state index contributed by atoms with van der Waals surface area (Å²) in [5.41, 5.74) is 0. The minimum absolute atomic E-state index is 0.0577. The van der Waals surface area contributed by atoms with E-state index in [1.54, 1.807) is 7.11 Å². The molecule has 0 radical (unpaired) electrons. The van der Waals surface area contributed by atoms with Crippen LogP contribution in [0, 0.1) is 5.92 Å². The Balaban J connectivity index is 2.03. The van der Waals surface area contributed by atoms with Gasteiger partial charge in [0.05, 0.1) is 12.7 Å². The standard InChI is InChI=1S/C11H18O5/c1-3-7-4-8(14-6-13-2)10-9(5-12)15-11(7)16-10/h3,7-12H,1,4-6H2,2H3/t7-,8-,9+,10+,11-/m1/s1. The summed E-state index contributed by atoms with van der Waals surface area (Å²) in [6.07, 6.45) is 1.68. The molecule has 0 aromatic carbocycles. The lowest BCUT2D eigenvalue weighted by atomic mass is 9.94. The summed E-state index contributed by atoms with van der Waals surface area (Å²) < 4.78 is 21.7. The topological polar surface area (TPSA) is 57.2 Å². The van der Waals surface area contributed by atoms with E-state index < -0.39 is 0 Å². The molecule has 16 heavy (non-hydrogen) atoms. The van der Waals surface area contributed by atoms with E-state index in [2.05, 4.69) is 6.58 Å². The second-order valence-electron chi connectivity index (χ2n) is 4.07. The van der Waals surface area contributed by atoms with Crippen molar-refractivity contribution in [2.24, 2.45) is 5.92 Å². The predicted octanol–water partition coefficient (Wildman–Crippen LogP) is 0.284. The summed E-state index contributed by atoms with van der Waals surface area (Å²) in [6.45, 7) is 3.92. The van der Waals surface area contributed by atoms with E-state index in [4.69, 9.17) is 18.9 Å². The lowest BCUT2D eigenvalue weighted by Crippen LogP contribution is -2.43. The van der Waals surface area contributed by atoms with Crippen LogP contribution in [0.3, 0.4) is 0 Å². The van der Waals surface area contributed by atoms with Crippen LogP contribution in [-0.4, -0.2) is 50.2 Å². The Kier molecular flexibility index (Phi) is 3.94. The fourth-order valence-corrected chi connectivity index (χ4v) is 2.24. The van der Waals surface area contributed by atoms with Crippen molar-refractivity contribution in [3.8, 4) is 0 Å². The number of aliphatic hydroxyl groups is 1. The molecule has 5 nitrogen and oxygen atoms in total. The fourth-order valence-electron chi connectivity index (χ4n) is 2.24. The minimum Gasteiger partial charge on any atom is -0.394 e. The Bertz CT molecular complexity index is 245. The summed E-state index contributed by atoms with van der Waals surface area (Å²) in [7, 11) is 1.58. The zero-order chi connectivity index (χ0) is 11.5. The van der Waals surface area contributed by atoms with Crippen LogP contribution < -0.4 is 0 Å². The highest BCUT2D eigenvalue weighted by atomic mass is 16.8. The Labute approximate surface area is 94.9 Å². The summed E-state index contributed by atoms with van der Waals surface area (Å²) in [5.74, 6) is 0.106. The maximum Gasteiger partial charge on any atom is 0.165 e. The van der Waals surface area contributed by atoms with Crippen LogP contribution in [0.2, 0.25) is 0 Å². The highest BCUT2D eigenvalue weighted by Gasteiger charge is 2.49. The van der Waals surface area contributed by atoms with Crippen molar-refractivity contribution in [3.05, 3.63) is 12.7 Å². The van der Waals surface area contributed by atoms with Crippen LogP contribution in [0.1, 0.15) is 6.42 Å². The third kappa shape index (κ3) is 2.14. The monoisotopic (exact) mass is 230 g/mol. The van der Waals surface area contributed by atoms with Gasteiger partial charge in [-0.25, -0.2) is 0 Å². The number of ether oxygens (including phenoxy) is 4. The number of methoxy groups -OCH3 is 1. The summed E-state index contributed by atoms with van der Waals surface area (Å²) in [5, 5.41) is 9.20. The molecule has 0 unspecified atom stereocenters. The van der Waals surface area contributed by atoms with Gasteiger partial charge in [-0.15, -0.1) is 6.58 Å². The van der Waals surface area contributed by atoms with Gasteiger partial charge >= 0.3 is 0 Å². The normalized spacial score (nSPS) is 42.2. The molecule has 0 aromatic heterocycles. The molecule has 2 rings (SSSR count). The molecular formula is C11H18O5. The molecule has 0 amide bonds. The van der Waals surface area contributed by atoms with Crippen LogP contribution in [-0.2, 0) is 18.9 Å². The van der Waals surface area contributed by atoms with E-state index in [9.17, 15) is 5.11 Å². The molecule has 2 aliphatic heterocycles. The fraction of sp³-hybridized carbons (Fsp3) is 0.818. The molecule has 5 atom stereocenters. The van der Waals surface area contributed by atoms with E-state index in [-0.39, 0.29) is 43.9 Å². The van der Waals surface area contributed by atoms with E-state index in [1.807, 2.05) is 6.08 Å². The van der Waals surface area contributed by atoms with Crippen molar-refractivity contribution in [1.82, 2.24) is 0 Å². The molecule has 2 fully saturated rings. The first-order valence-electron chi connectivity index (χ1n) is 5.45. The molecule has 0 saturated carbocycles. The van der Waals surface area contributed by atoms with Crippen LogP contribution >= 0.6 is 0 Å². The van der Waals surface area contributed by atoms with Crippen molar-refractivity contribution in [3.63, 3.8) is 0 Å². The molecule has 2 aliphatic rings. The van der Waals surface area contributed by atoms with Gasteiger partial charge in [-0.1, -0.05) is 6.08 Å². The van der Waals surface area contributed by atoms with Gasteiger partial charge in [0.15, 0.2) is 6.29 Å². The quantitative estimate of drug-likeness (QED) is 0.543. The minimum atomic E-state index is -0.309. The molecule has 1 N–H and O–H groups in total. The average Bonchev–Trinajstić information content (AvgIpc) is 2.68.